The van der Waals surface area contributed by atoms with Crippen molar-refractivity contribution in [2.24, 2.45) is 0 Å². The van der Waals surface area contributed by atoms with E-state index in [2.05, 4.69) is 9.88 Å². The van der Waals surface area contributed by atoms with Crippen molar-refractivity contribution in [3.63, 3.8) is 0 Å². The summed E-state index contributed by atoms with van der Waals surface area (Å²) in [6.07, 6.45) is 1.70. The van der Waals surface area contributed by atoms with Gasteiger partial charge in [0.1, 0.15) is 17.8 Å². The molecule has 0 saturated carbocycles. The molecule has 3 heterocycles. The number of amides is 1. The number of thiophene rings is 1. The Labute approximate surface area is 166 Å². The van der Waals surface area contributed by atoms with Crippen LogP contribution in [0.5, 0.6) is 5.75 Å². The number of ether oxygens (including phenoxy) is 1. The molecule has 2 aromatic heterocycles. The summed E-state index contributed by atoms with van der Waals surface area (Å²) >= 11 is 1.60. The Kier molecular flexibility index (Phi) is 5.68. The van der Waals surface area contributed by atoms with Gasteiger partial charge in [-0.15, -0.1) is 11.3 Å². The minimum Gasteiger partial charge on any atom is -0.484 e. The van der Waals surface area contributed by atoms with Gasteiger partial charge < -0.3 is 14.1 Å². The number of hydrogen-bond acceptors (Lipinski definition) is 6. The fourth-order valence-electron chi connectivity index (χ4n) is 3.04. The second kappa shape index (κ2) is 8.53. The maximum atomic E-state index is 12.9. The molecule has 0 atom stereocenters. The Morgan fingerprint density at radius 3 is 2.68 bits per heavy atom. The minimum atomic E-state index is -0.329. The number of piperazine rings is 1. The molecule has 0 bridgehead atoms. The molecule has 6 nitrogen and oxygen atoms in total. The van der Waals surface area contributed by atoms with Crippen LogP contribution in [0.4, 0.5) is 4.39 Å². The van der Waals surface area contributed by atoms with Gasteiger partial charge in [-0.2, -0.15) is 0 Å². The van der Waals surface area contributed by atoms with Crippen LogP contribution in [0.3, 0.4) is 0 Å². The lowest BCUT2D eigenvalue weighted by Gasteiger charge is -2.34. The highest BCUT2D eigenvalue weighted by Gasteiger charge is 2.22. The van der Waals surface area contributed by atoms with Crippen molar-refractivity contribution in [1.29, 1.82) is 0 Å². The van der Waals surface area contributed by atoms with Crippen LogP contribution in [0, 0.1) is 5.82 Å². The molecule has 146 valence electrons. The summed E-state index contributed by atoms with van der Waals surface area (Å²) in [7, 11) is 0. The van der Waals surface area contributed by atoms with E-state index in [1.54, 1.807) is 22.5 Å². The van der Waals surface area contributed by atoms with E-state index in [1.807, 2.05) is 17.5 Å². The number of carbonyl (C=O) groups excluding carboxylic acids is 1. The molecule has 0 unspecified atom stereocenters. The van der Waals surface area contributed by atoms with Gasteiger partial charge in [0, 0.05) is 32.7 Å². The quantitative estimate of drug-likeness (QED) is 0.635. The molecule has 0 radical (unpaired) electrons. The summed E-state index contributed by atoms with van der Waals surface area (Å²) < 4.78 is 23.9. The Morgan fingerprint density at radius 2 is 1.96 bits per heavy atom. The van der Waals surface area contributed by atoms with Gasteiger partial charge in [-0.25, -0.2) is 9.37 Å². The molecule has 1 amide bonds. The highest BCUT2D eigenvalue weighted by atomic mass is 32.1. The van der Waals surface area contributed by atoms with Crippen LogP contribution in [0.1, 0.15) is 5.69 Å². The van der Waals surface area contributed by atoms with E-state index < -0.39 is 0 Å². The number of halogens is 1. The average molecular weight is 401 g/mol. The molecule has 4 rings (SSSR count). The molecule has 8 heteroatoms. The molecule has 1 aliphatic rings. The normalized spacial score (nSPS) is 15.0. The van der Waals surface area contributed by atoms with Crippen molar-refractivity contribution in [3.05, 3.63) is 59.6 Å². The van der Waals surface area contributed by atoms with Gasteiger partial charge in [0.25, 0.3) is 5.91 Å². The monoisotopic (exact) mass is 401 g/mol. The predicted molar refractivity (Wildman–Crippen MR) is 104 cm³/mol. The molecule has 3 aromatic rings. The zero-order valence-electron chi connectivity index (χ0n) is 15.2. The Bertz CT molecular complexity index is 903. The Hall–Kier alpha value is -2.71. The van der Waals surface area contributed by atoms with Crippen molar-refractivity contribution in [2.75, 3.05) is 32.8 Å². The SMILES string of the molecule is O=C(COc1ccc(F)cc1)N1CCN(Cc2coc(-c3cccs3)n2)CC1. The number of rotatable bonds is 6. The topological polar surface area (TPSA) is 58.8 Å². The van der Waals surface area contributed by atoms with E-state index in [0.29, 0.717) is 31.3 Å². The summed E-state index contributed by atoms with van der Waals surface area (Å²) in [4.78, 5) is 21.9. The van der Waals surface area contributed by atoms with Gasteiger partial charge in [0.2, 0.25) is 5.89 Å². The number of aromatic nitrogens is 1. The molecule has 1 fully saturated rings. The lowest BCUT2D eigenvalue weighted by Crippen LogP contribution is -2.49. The third-order valence-corrected chi connectivity index (χ3v) is 5.43. The van der Waals surface area contributed by atoms with E-state index in [1.165, 1.54) is 24.3 Å². The molecule has 0 aliphatic carbocycles. The Morgan fingerprint density at radius 1 is 1.18 bits per heavy atom. The van der Waals surface area contributed by atoms with Gasteiger partial charge in [-0.3, -0.25) is 9.69 Å². The number of hydrogen-bond donors (Lipinski definition) is 0. The zero-order valence-corrected chi connectivity index (χ0v) is 16.0. The molecule has 1 aliphatic heterocycles. The highest BCUT2D eigenvalue weighted by molar-refractivity contribution is 7.13. The molecule has 1 saturated heterocycles. The molecular formula is C20H20FN3O3S. The van der Waals surface area contributed by atoms with Crippen LogP contribution in [0.25, 0.3) is 10.8 Å². The lowest BCUT2D eigenvalue weighted by atomic mass is 10.3. The van der Waals surface area contributed by atoms with Crippen LogP contribution in [-0.4, -0.2) is 53.5 Å². The first-order chi connectivity index (χ1) is 13.7. The van der Waals surface area contributed by atoms with Crippen molar-refractivity contribution in [3.8, 4) is 16.5 Å². The second-order valence-corrected chi connectivity index (χ2v) is 7.47. The summed E-state index contributed by atoms with van der Waals surface area (Å²) in [6, 6.07) is 9.61. The van der Waals surface area contributed by atoms with E-state index in [-0.39, 0.29) is 18.3 Å². The first-order valence-corrected chi connectivity index (χ1v) is 9.92. The summed E-state index contributed by atoms with van der Waals surface area (Å²) in [5, 5.41) is 2.00. The van der Waals surface area contributed by atoms with Crippen molar-refractivity contribution >= 4 is 17.2 Å². The average Bonchev–Trinajstić information content (AvgIpc) is 3.40. The van der Waals surface area contributed by atoms with Crippen molar-refractivity contribution in [1.82, 2.24) is 14.8 Å². The highest BCUT2D eigenvalue weighted by Crippen LogP contribution is 2.24. The third kappa shape index (κ3) is 4.58. The van der Waals surface area contributed by atoms with E-state index >= 15 is 0 Å². The van der Waals surface area contributed by atoms with Gasteiger partial charge in [0.05, 0.1) is 10.6 Å². The van der Waals surface area contributed by atoms with Gasteiger partial charge in [-0.1, -0.05) is 6.07 Å². The summed E-state index contributed by atoms with van der Waals surface area (Å²) in [5.74, 6) is 0.743. The van der Waals surface area contributed by atoms with E-state index in [4.69, 9.17) is 9.15 Å². The van der Waals surface area contributed by atoms with Crippen LogP contribution in [0.15, 0.2) is 52.5 Å². The molecule has 28 heavy (non-hydrogen) atoms. The predicted octanol–water partition coefficient (Wildman–Crippen LogP) is 3.27. The van der Waals surface area contributed by atoms with Crippen LogP contribution < -0.4 is 4.74 Å². The number of oxazole rings is 1. The van der Waals surface area contributed by atoms with Crippen LogP contribution in [-0.2, 0) is 11.3 Å². The minimum absolute atomic E-state index is 0.0426. The maximum absolute atomic E-state index is 12.9. The van der Waals surface area contributed by atoms with Gasteiger partial charge in [-0.05, 0) is 35.7 Å². The van der Waals surface area contributed by atoms with Crippen molar-refractivity contribution < 1.29 is 18.3 Å². The number of benzene rings is 1. The largest absolute Gasteiger partial charge is 0.484 e. The maximum Gasteiger partial charge on any atom is 0.260 e. The lowest BCUT2D eigenvalue weighted by molar-refractivity contribution is -0.135. The summed E-state index contributed by atoms with van der Waals surface area (Å²) in [6.45, 7) is 3.47. The molecule has 0 N–H and O–H groups in total. The van der Waals surface area contributed by atoms with Crippen LogP contribution in [0.2, 0.25) is 0 Å². The first-order valence-electron chi connectivity index (χ1n) is 9.04. The second-order valence-electron chi connectivity index (χ2n) is 6.52. The molecule has 1 aromatic carbocycles. The van der Waals surface area contributed by atoms with Crippen LogP contribution >= 0.6 is 11.3 Å². The standard InChI is InChI=1S/C20H20FN3O3S/c21-15-3-5-17(6-4-15)26-14-19(25)24-9-7-23(8-10-24)12-16-13-27-20(22-16)18-2-1-11-28-18/h1-6,11,13H,7-10,12,14H2. The third-order valence-electron chi connectivity index (χ3n) is 4.57. The first kappa shape index (κ1) is 18.6. The molecular weight excluding hydrogens is 381 g/mol. The molecule has 0 spiro atoms. The smallest absolute Gasteiger partial charge is 0.260 e. The number of carbonyl (C=O) groups is 1. The zero-order chi connectivity index (χ0) is 19.3. The van der Waals surface area contributed by atoms with Gasteiger partial charge in [0.15, 0.2) is 6.61 Å². The fourth-order valence-corrected chi connectivity index (χ4v) is 3.70. The number of nitrogens with zero attached hydrogens (tertiary/aromatic N) is 3. The van der Waals surface area contributed by atoms with Crippen molar-refractivity contribution in [2.45, 2.75) is 6.54 Å². The summed E-state index contributed by atoms with van der Waals surface area (Å²) in [5.41, 5.74) is 0.891. The van der Waals surface area contributed by atoms with E-state index in [9.17, 15) is 9.18 Å². The van der Waals surface area contributed by atoms with Gasteiger partial charge >= 0.3 is 0 Å². The Balaban J connectivity index is 1.23. The fraction of sp³-hybridized carbons (Fsp3) is 0.300. The van der Waals surface area contributed by atoms with E-state index in [0.717, 1.165) is 23.7 Å².